The third kappa shape index (κ3) is 4.17. The van der Waals surface area contributed by atoms with Gasteiger partial charge >= 0.3 is 0 Å². The molecule has 0 fully saturated rings. The smallest absolute Gasteiger partial charge is 0.249 e. The summed E-state index contributed by atoms with van der Waals surface area (Å²) in [6.45, 7) is 2.03. The van der Waals surface area contributed by atoms with E-state index in [4.69, 9.17) is 0 Å². The van der Waals surface area contributed by atoms with Crippen molar-refractivity contribution in [2.45, 2.75) is 11.8 Å². The van der Waals surface area contributed by atoms with E-state index in [0.29, 0.717) is 17.3 Å². The average molecular weight is 325 g/mol. The van der Waals surface area contributed by atoms with E-state index in [-0.39, 0.29) is 11.9 Å². The van der Waals surface area contributed by atoms with Crippen LogP contribution < -0.4 is 5.32 Å². The molecule has 1 aromatic carbocycles. The van der Waals surface area contributed by atoms with Gasteiger partial charge in [0.25, 0.3) is 0 Å². The maximum Gasteiger partial charge on any atom is 0.249 e. The first-order valence-corrected chi connectivity index (χ1v) is 8.02. The number of rotatable bonds is 5. The molecule has 3 rings (SSSR count). The van der Waals surface area contributed by atoms with Crippen LogP contribution in [0.4, 0.5) is 5.95 Å². The molecule has 1 amide bonds. The Bertz CT molecular complexity index is 786. The zero-order valence-corrected chi connectivity index (χ0v) is 13.3. The molecule has 2 N–H and O–H groups in total. The number of thioether (sulfide) groups is 1. The summed E-state index contributed by atoms with van der Waals surface area (Å²) < 4.78 is 0. The summed E-state index contributed by atoms with van der Waals surface area (Å²) in [5.41, 5.74) is 1.87. The van der Waals surface area contributed by atoms with Crippen LogP contribution in [0.2, 0.25) is 0 Å². The average Bonchev–Trinajstić information content (AvgIpc) is 3.04. The Labute approximate surface area is 137 Å². The van der Waals surface area contributed by atoms with Gasteiger partial charge in [-0.05, 0) is 31.2 Å². The topological polar surface area (TPSA) is 83.6 Å². The number of aryl methyl sites for hydroxylation is 1. The van der Waals surface area contributed by atoms with Gasteiger partial charge in [0.05, 0.1) is 5.75 Å². The first-order valence-electron chi connectivity index (χ1n) is 7.04. The Hall–Kier alpha value is -2.67. The molecular formula is C16H15N5OS. The van der Waals surface area contributed by atoms with Crippen LogP contribution in [0.15, 0.2) is 53.6 Å². The van der Waals surface area contributed by atoms with Gasteiger partial charge in [-0.15, -0.1) is 16.9 Å². The molecular weight excluding hydrogens is 310 g/mol. The number of carbonyl (C=O) groups excluding carboxylic acids is 1. The molecule has 0 bridgehead atoms. The van der Waals surface area contributed by atoms with Gasteiger partial charge in [0.1, 0.15) is 5.69 Å². The lowest BCUT2D eigenvalue weighted by atomic mass is 10.2. The van der Waals surface area contributed by atoms with Crippen molar-refractivity contribution in [2.24, 2.45) is 0 Å². The van der Waals surface area contributed by atoms with Gasteiger partial charge in [-0.2, -0.15) is 4.98 Å². The minimum atomic E-state index is -0.151. The second-order valence-corrected chi connectivity index (χ2v) is 5.92. The summed E-state index contributed by atoms with van der Waals surface area (Å²) in [5.74, 6) is 0.922. The number of nitrogens with one attached hydrogen (secondary N) is 2. The number of hydrogen-bond donors (Lipinski definition) is 2. The minimum absolute atomic E-state index is 0.151. The molecule has 0 saturated carbocycles. The highest BCUT2D eigenvalue weighted by molar-refractivity contribution is 8.00. The van der Waals surface area contributed by atoms with Crippen molar-refractivity contribution in [2.75, 3.05) is 11.1 Å². The highest BCUT2D eigenvalue weighted by atomic mass is 32.2. The molecule has 6 nitrogen and oxygen atoms in total. The number of nitrogens with zero attached hydrogens (tertiary/aromatic N) is 3. The van der Waals surface area contributed by atoms with E-state index in [0.717, 1.165) is 4.90 Å². The monoisotopic (exact) mass is 325 g/mol. The number of aromatic nitrogens is 4. The maximum absolute atomic E-state index is 12.0. The van der Waals surface area contributed by atoms with E-state index in [9.17, 15) is 4.79 Å². The first kappa shape index (κ1) is 15.2. The lowest BCUT2D eigenvalue weighted by Gasteiger charge is -2.02. The van der Waals surface area contributed by atoms with Gasteiger partial charge in [-0.3, -0.25) is 20.2 Å². The normalized spacial score (nSPS) is 10.5. The second kappa shape index (κ2) is 7.06. The molecule has 3 aromatic rings. The minimum Gasteiger partial charge on any atom is -0.292 e. The van der Waals surface area contributed by atoms with Crippen LogP contribution in [0, 0.1) is 6.92 Å². The van der Waals surface area contributed by atoms with E-state index < -0.39 is 0 Å². The summed E-state index contributed by atoms with van der Waals surface area (Å²) in [6.07, 6.45) is 1.67. The molecule has 0 radical (unpaired) electrons. The van der Waals surface area contributed by atoms with Crippen molar-refractivity contribution in [3.8, 4) is 11.5 Å². The summed E-state index contributed by atoms with van der Waals surface area (Å²) in [5, 5.41) is 9.42. The quantitative estimate of drug-likeness (QED) is 0.705. The number of aromatic amines is 1. The van der Waals surface area contributed by atoms with Gasteiger partial charge in [0.2, 0.25) is 11.9 Å². The predicted molar refractivity (Wildman–Crippen MR) is 90.1 cm³/mol. The van der Waals surface area contributed by atoms with Gasteiger partial charge < -0.3 is 0 Å². The molecule has 116 valence electrons. The molecule has 0 atom stereocenters. The number of pyridine rings is 1. The van der Waals surface area contributed by atoms with Gasteiger partial charge in [0.15, 0.2) is 5.82 Å². The largest absolute Gasteiger partial charge is 0.292 e. The van der Waals surface area contributed by atoms with Crippen molar-refractivity contribution in [3.63, 3.8) is 0 Å². The molecule has 0 spiro atoms. The predicted octanol–water partition coefficient (Wildman–Crippen LogP) is 2.91. The van der Waals surface area contributed by atoms with Crippen LogP contribution in [-0.4, -0.2) is 31.8 Å². The number of benzene rings is 1. The summed E-state index contributed by atoms with van der Waals surface area (Å²) >= 11 is 1.47. The van der Waals surface area contributed by atoms with E-state index in [1.54, 1.807) is 6.20 Å². The molecule has 23 heavy (non-hydrogen) atoms. The molecule has 0 aliphatic carbocycles. The van der Waals surface area contributed by atoms with E-state index in [1.165, 1.54) is 17.3 Å². The lowest BCUT2D eigenvalue weighted by Crippen LogP contribution is -2.15. The molecule has 2 heterocycles. The number of H-pyrrole nitrogens is 1. The Morgan fingerprint density at radius 3 is 2.78 bits per heavy atom. The molecule has 0 aliphatic heterocycles. The third-order valence-corrected chi connectivity index (χ3v) is 4.05. The van der Waals surface area contributed by atoms with Crippen LogP contribution in [0.25, 0.3) is 11.5 Å². The number of hydrogen-bond acceptors (Lipinski definition) is 5. The number of anilines is 1. The fourth-order valence-corrected chi connectivity index (χ4v) is 2.58. The fraction of sp³-hybridized carbons (Fsp3) is 0.125. The van der Waals surface area contributed by atoms with Crippen molar-refractivity contribution >= 4 is 23.6 Å². The third-order valence-electron chi connectivity index (χ3n) is 3.04. The fourth-order valence-electron chi connectivity index (χ4n) is 1.88. The van der Waals surface area contributed by atoms with Crippen molar-refractivity contribution in [1.82, 2.24) is 20.2 Å². The highest BCUT2D eigenvalue weighted by Gasteiger charge is 2.09. The highest BCUT2D eigenvalue weighted by Crippen LogP contribution is 2.18. The van der Waals surface area contributed by atoms with Crippen LogP contribution in [-0.2, 0) is 4.79 Å². The Kier molecular flexibility index (Phi) is 4.68. The van der Waals surface area contributed by atoms with Crippen LogP contribution in [0.3, 0.4) is 0 Å². The summed E-state index contributed by atoms with van der Waals surface area (Å²) in [4.78, 5) is 21.4. The van der Waals surface area contributed by atoms with Crippen LogP contribution in [0.1, 0.15) is 5.56 Å². The Morgan fingerprint density at radius 2 is 2.04 bits per heavy atom. The molecule has 0 unspecified atom stereocenters. The standard InChI is InChI=1S/C16H15N5OS/c1-11-5-7-12(8-6-11)23-10-14(22)18-16-19-15(20-21-16)13-4-2-3-9-17-13/h2-9H,10H2,1H3,(H2,18,19,20,21,22). The molecule has 7 heteroatoms. The zero-order valence-electron chi connectivity index (χ0n) is 12.5. The Balaban J connectivity index is 1.56. The Morgan fingerprint density at radius 1 is 1.22 bits per heavy atom. The van der Waals surface area contributed by atoms with Crippen molar-refractivity contribution in [3.05, 3.63) is 54.2 Å². The van der Waals surface area contributed by atoms with E-state index >= 15 is 0 Å². The van der Waals surface area contributed by atoms with Crippen molar-refractivity contribution in [1.29, 1.82) is 0 Å². The van der Waals surface area contributed by atoms with Crippen LogP contribution in [0.5, 0.6) is 0 Å². The van der Waals surface area contributed by atoms with Gasteiger partial charge in [-0.1, -0.05) is 23.8 Å². The zero-order chi connectivity index (χ0) is 16.1. The van der Waals surface area contributed by atoms with Crippen LogP contribution >= 0.6 is 11.8 Å². The first-order chi connectivity index (χ1) is 11.2. The maximum atomic E-state index is 12.0. The molecule has 0 saturated heterocycles. The number of amides is 1. The van der Waals surface area contributed by atoms with Gasteiger partial charge in [0, 0.05) is 11.1 Å². The molecule has 2 aromatic heterocycles. The lowest BCUT2D eigenvalue weighted by molar-refractivity contribution is -0.113. The molecule has 0 aliphatic rings. The van der Waals surface area contributed by atoms with E-state index in [1.807, 2.05) is 49.4 Å². The SMILES string of the molecule is Cc1ccc(SCC(=O)Nc2n[nH]c(-c3ccccn3)n2)cc1. The summed E-state index contributed by atoms with van der Waals surface area (Å²) in [6, 6.07) is 13.5. The van der Waals surface area contributed by atoms with Gasteiger partial charge in [-0.25, -0.2) is 0 Å². The van der Waals surface area contributed by atoms with E-state index in [2.05, 4.69) is 25.5 Å². The number of carbonyl (C=O) groups is 1. The second-order valence-electron chi connectivity index (χ2n) is 4.87. The van der Waals surface area contributed by atoms with Crippen molar-refractivity contribution < 1.29 is 4.79 Å². The summed E-state index contributed by atoms with van der Waals surface area (Å²) in [7, 11) is 0.